The minimum absolute atomic E-state index is 0.107. The van der Waals surface area contributed by atoms with Crippen molar-refractivity contribution in [3.05, 3.63) is 122 Å². The first-order valence-electron chi connectivity index (χ1n) is 11.2. The molecule has 2 amide bonds. The molecule has 4 aliphatic rings. The molecule has 3 aromatic rings. The van der Waals surface area contributed by atoms with Crippen molar-refractivity contribution in [1.82, 2.24) is 0 Å². The first-order valence-corrected chi connectivity index (χ1v) is 11.2. The number of esters is 1. The molecule has 0 N–H and O–H groups in total. The van der Waals surface area contributed by atoms with Crippen LogP contribution < -0.4 is 4.90 Å². The summed E-state index contributed by atoms with van der Waals surface area (Å²) in [7, 11) is 0. The zero-order chi connectivity index (χ0) is 24.5. The van der Waals surface area contributed by atoms with Crippen molar-refractivity contribution in [1.29, 1.82) is 0 Å². The first kappa shape index (κ1) is 21.0. The van der Waals surface area contributed by atoms with Crippen molar-refractivity contribution in [2.45, 2.75) is 18.4 Å². The predicted octanol–water partition coefficient (Wildman–Crippen LogP) is 3.71. The summed E-state index contributed by atoms with van der Waals surface area (Å²) in [6.45, 7) is 1.91. The molecule has 3 aromatic carbocycles. The first-order chi connectivity index (χ1) is 16.9. The number of hydrogen-bond acceptors (Lipinski definition) is 6. The standard InChI is InChI=1S/C27H18N2O6/c1-2-35-26(32)15-11-13-16(14-12-15)28-24(30)22-21-17-7-3-5-9-19(17)27(29(33)34,23(22)25(28)31)20-10-6-4-8-18(20)21/h3-14,21H,2H2,1H3. The third-order valence-corrected chi connectivity index (χ3v) is 7.00. The lowest BCUT2D eigenvalue weighted by atomic mass is 9.57. The Hall–Kier alpha value is -4.59. The minimum atomic E-state index is -1.98. The van der Waals surface area contributed by atoms with Crippen LogP contribution in [0.3, 0.4) is 0 Å². The zero-order valence-corrected chi connectivity index (χ0v) is 18.6. The molecule has 0 aromatic heterocycles. The number of carbonyl (C=O) groups is 3. The lowest BCUT2D eigenvalue weighted by Crippen LogP contribution is -2.49. The summed E-state index contributed by atoms with van der Waals surface area (Å²) in [5.74, 6) is -2.42. The Morgan fingerprint density at radius 2 is 1.51 bits per heavy atom. The quantitative estimate of drug-likeness (QED) is 0.251. The fourth-order valence-electron chi connectivity index (χ4n) is 5.70. The zero-order valence-electron chi connectivity index (χ0n) is 18.6. The third kappa shape index (κ3) is 2.48. The van der Waals surface area contributed by atoms with Gasteiger partial charge in [0.1, 0.15) is 5.57 Å². The van der Waals surface area contributed by atoms with Gasteiger partial charge in [-0.05, 0) is 42.3 Å². The van der Waals surface area contributed by atoms with Crippen LogP contribution in [0.15, 0.2) is 83.9 Å². The van der Waals surface area contributed by atoms with Gasteiger partial charge in [-0.2, -0.15) is 0 Å². The van der Waals surface area contributed by atoms with Gasteiger partial charge < -0.3 is 4.74 Å². The Kier molecular flexibility index (Phi) is 4.32. The van der Waals surface area contributed by atoms with Gasteiger partial charge in [-0.15, -0.1) is 0 Å². The molecule has 0 saturated carbocycles. The summed E-state index contributed by atoms with van der Waals surface area (Å²) in [5.41, 5.74) is 0.681. The van der Waals surface area contributed by atoms with E-state index in [9.17, 15) is 24.5 Å². The number of imide groups is 1. The van der Waals surface area contributed by atoms with Crippen molar-refractivity contribution < 1.29 is 24.0 Å². The van der Waals surface area contributed by atoms with E-state index in [0.717, 1.165) is 4.90 Å². The molecule has 2 bridgehead atoms. The molecule has 7 rings (SSSR count). The lowest BCUT2D eigenvalue weighted by Gasteiger charge is -2.42. The highest BCUT2D eigenvalue weighted by molar-refractivity contribution is 6.35. The van der Waals surface area contributed by atoms with E-state index in [1.165, 1.54) is 24.3 Å². The summed E-state index contributed by atoms with van der Waals surface area (Å²) >= 11 is 0. The van der Waals surface area contributed by atoms with E-state index < -0.39 is 34.2 Å². The van der Waals surface area contributed by atoms with E-state index in [-0.39, 0.29) is 29.0 Å². The Morgan fingerprint density at radius 3 is 2.06 bits per heavy atom. The molecule has 0 spiro atoms. The number of ether oxygens (including phenoxy) is 1. The molecule has 35 heavy (non-hydrogen) atoms. The summed E-state index contributed by atoms with van der Waals surface area (Å²) in [5, 5.41) is 12.9. The van der Waals surface area contributed by atoms with Crippen molar-refractivity contribution in [3.63, 3.8) is 0 Å². The maximum atomic E-state index is 13.8. The predicted molar refractivity (Wildman–Crippen MR) is 124 cm³/mol. The van der Waals surface area contributed by atoms with Gasteiger partial charge in [0.25, 0.3) is 11.8 Å². The molecule has 0 atom stereocenters. The second-order valence-electron chi connectivity index (χ2n) is 8.58. The van der Waals surface area contributed by atoms with Gasteiger partial charge in [-0.25, -0.2) is 9.69 Å². The van der Waals surface area contributed by atoms with Gasteiger partial charge >= 0.3 is 11.5 Å². The Labute approximate surface area is 199 Å². The highest BCUT2D eigenvalue weighted by Crippen LogP contribution is 2.61. The van der Waals surface area contributed by atoms with E-state index in [1.807, 2.05) is 0 Å². The van der Waals surface area contributed by atoms with Crippen LogP contribution in [0.5, 0.6) is 0 Å². The number of nitrogens with zero attached hydrogens (tertiary/aromatic N) is 2. The molecule has 0 fully saturated rings. The van der Waals surface area contributed by atoms with Gasteiger partial charge in [-0.3, -0.25) is 19.7 Å². The molecule has 0 unspecified atom stereocenters. The average molecular weight is 466 g/mol. The van der Waals surface area contributed by atoms with Crippen LogP contribution in [0, 0.1) is 10.1 Å². The molecule has 1 aliphatic heterocycles. The van der Waals surface area contributed by atoms with Crippen LogP contribution in [0.4, 0.5) is 5.69 Å². The summed E-state index contributed by atoms with van der Waals surface area (Å²) in [6, 6.07) is 19.8. The second-order valence-corrected chi connectivity index (χ2v) is 8.58. The number of carbonyl (C=O) groups excluding carboxylic acids is 3. The Balaban J connectivity index is 1.55. The third-order valence-electron chi connectivity index (χ3n) is 7.00. The lowest BCUT2D eigenvalue weighted by molar-refractivity contribution is -0.554. The summed E-state index contributed by atoms with van der Waals surface area (Å²) in [4.78, 5) is 53.1. The fourth-order valence-corrected chi connectivity index (χ4v) is 5.70. The van der Waals surface area contributed by atoms with Crippen molar-refractivity contribution >= 4 is 23.5 Å². The molecule has 172 valence electrons. The number of rotatable bonds is 4. The van der Waals surface area contributed by atoms with Gasteiger partial charge in [0.05, 0.1) is 17.9 Å². The molecule has 3 aliphatic carbocycles. The van der Waals surface area contributed by atoms with Crippen molar-refractivity contribution in [3.8, 4) is 0 Å². The van der Waals surface area contributed by atoms with E-state index in [4.69, 9.17) is 4.74 Å². The fraction of sp³-hybridized carbons (Fsp3) is 0.148. The van der Waals surface area contributed by atoms with Gasteiger partial charge in [0, 0.05) is 27.5 Å². The van der Waals surface area contributed by atoms with Gasteiger partial charge in [0.15, 0.2) is 0 Å². The molecular formula is C27H18N2O6. The smallest absolute Gasteiger partial charge is 0.338 e. The highest BCUT2D eigenvalue weighted by atomic mass is 16.6. The van der Waals surface area contributed by atoms with Crippen LogP contribution in [-0.4, -0.2) is 29.3 Å². The molecule has 1 heterocycles. The van der Waals surface area contributed by atoms with E-state index in [0.29, 0.717) is 22.3 Å². The van der Waals surface area contributed by atoms with Crippen LogP contribution in [-0.2, 0) is 19.9 Å². The largest absolute Gasteiger partial charge is 0.462 e. The SMILES string of the molecule is CCOC(=O)c1ccc(N2C(=O)C3=C(C2=O)C2([N+](=O)[O-])c4ccccc4C3c3ccccc32)cc1. The second kappa shape index (κ2) is 7.20. The Bertz CT molecular complexity index is 1460. The summed E-state index contributed by atoms with van der Waals surface area (Å²) < 4.78 is 4.99. The topological polar surface area (TPSA) is 107 Å². The molecular weight excluding hydrogens is 448 g/mol. The van der Waals surface area contributed by atoms with Crippen LogP contribution in [0.25, 0.3) is 0 Å². The monoisotopic (exact) mass is 466 g/mol. The molecule has 0 saturated heterocycles. The number of benzene rings is 3. The van der Waals surface area contributed by atoms with Crippen LogP contribution >= 0.6 is 0 Å². The number of nitro groups is 1. The normalized spacial score (nSPS) is 21.5. The maximum Gasteiger partial charge on any atom is 0.338 e. The number of amides is 2. The minimum Gasteiger partial charge on any atom is -0.462 e. The average Bonchev–Trinajstić information content (AvgIpc) is 3.14. The van der Waals surface area contributed by atoms with E-state index in [1.54, 1.807) is 55.5 Å². The van der Waals surface area contributed by atoms with Gasteiger partial charge in [-0.1, -0.05) is 48.5 Å². The number of hydrogen-bond donors (Lipinski definition) is 0. The molecule has 8 heteroatoms. The van der Waals surface area contributed by atoms with Crippen molar-refractivity contribution in [2.75, 3.05) is 11.5 Å². The van der Waals surface area contributed by atoms with Crippen molar-refractivity contribution in [2.24, 2.45) is 0 Å². The van der Waals surface area contributed by atoms with Crippen LogP contribution in [0.2, 0.25) is 0 Å². The maximum absolute atomic E-state index is 13.8. The van der Waals surface area contributed by atoms with Gasteiger partial charge in [0.2, 0.25) is 0 Å². The Morgan fingerprint density at radius 1 is 0.943 bits per heavy atom. The number of anilines is 1. The highest BCUT2D eigenvalue weighted by Gasteiger charge is 2.68. The van der Waals surface area contributed by atoms with Crippen LogP contribution in [0.1, 0.15) is 45.5 Å². The molecule has 8 nitrogen and oxygen atoms in total. The molecule has 0 radical (unpaired) electrons. The van der Waals surface area contributed by atoms with E-state index in [2.05, 4.69) is 0 Å². The summed E-state index contributed by atoms with van der Waals surface area (Å²) in [6.07, 6.45) is 0. The van der Waals surface area contributed by atoms with E-state index >= 15 is 0 Å².